The Kier molecular flexibility index (Phi) is 4.74. The first-order valence-corrected chi connectivity index (χ1v) is 8.18. The first-order chi connectivity index (χ1) is 10.6. The van der Waals surface area contributed by atoms with Crippen LogP contribution in [0, 0.1) is 5.92 Å². The average Bonchev–Trinajstić information content (AvgIpc) is 2.35. The maximum Gasteiger partial charge on any atom is 0.427 e. The fraction of sp³-hybridized carbons (Fsp3) is 0.214. The molecule has 0 saturated carbocycles. The van der Waals surface area contributed by atoms with Crippen molar-refractivity contribution < 1.29 is 34.5 Å². The summed E-state index contributed by atoms with van der Waals surface area (Å²) in [6.07, 6.45) is 3.10. The van der Waals surface area contributed by atoms with Crippen molar-refractivity contribution in [1.29, 1.82) is 0 Å². The third kappa shape index (κ3) is 4.51. The fourth-order valence-electron chi connectivity index (χ4n) is 2.41. The number of allylic oxidation sites excluding steroid dienone is 3. The molecule has 23 heavy (non-hydrogen) atoms. The first-order valence-electron chi connectivity index (χ1n) is 6.57. The van der Waals surface area contributed by atoms with E-state index in [0.717, 1.165) is 6.08 Å². The molecule has 8 nitrogen and oxygen atoms in total. The van der Waals surface area contributed by atoms with Gasteiger partial charge in [0.15, 0.2) is 11.6 Å². The molecule has 0 amide bonds. The molecular formula is C14H16NO7P. The van der Waals surface area contributed by atoms with Crippen molar-refractivity contribution in [1.82, 2.24) is 5.09 Å². The lowest BCUT2D eigenvalue weighted by atomic mass is 9.84. The second kappa shape index (κ2) is 6.27. The number of carbonyl (C=O) groups is 1. The summed E-state index contributed by atoms with van der Waals surface area (Å²) in [5, 5.41) is 31.9. The second-order valence-corrected chi connectivity index (χ2v) is 6.51. The first kappa shape index (κ1) is 17.4. The van der Waals surface area contributed by atoms with Crippen LogP contribution in [0.1, 0.15) is 5.56 Å². The standard InChI is InChI=1S/C14H16NO7P/c16-10-4-1-3-9(7-10)8-14(18,19)13-11(15-23(20,21)22)5-2-6-12(13)17/h1-7,13,16,18-19H,8H2,(H3,15,20,21,22). The van der Waals surface area contributed by atoms with Crippen LogP contribution in [-0.2, 0) is 15.8 Å². The number of hydrogen-bond acceptors (Lipinski definition) is 5. The summed E-state index contributed by atoms with van der Waals surface area (Å²) in [6, 6.07) is 5.71. The highest BCUT2D eigenvalue weighted by Gasteiger charge is 2.43. The maximum atomic E-state index is 12.0. The van der Waals surface area contributed by atoms with Gasteiger partial charge in [-0.1, -0.05) is 18.2 Å². The van der Waals surface area contributed by atoms with Gasteiger partial charge in [-0.15, -0.1) is 0 Å². The van der Waals surface area contributed by atoms with Gasteiger partial charge in [-0.2, -0.15) is 0 Å². The number of phenols is 1. The Morgan fingerprint density at radius 2 is 1.96 bits per heavy atom. The van der Waals surface area contributed by atoms with Crippen molar-refractivity contribution in [3.05, 3.63) is 53.8 Å². The van der Waals surface area contributed by atoms with Crippen LogP contribution in [0.5, 0.6) is 5.75 Å². The van der Waals surface area contributed by atoms with Gasteiger partial charge in [-0.25, -0.2) is 4.57 Å². The average molecular weight is 341 g/mol. The molecule has 124 valence electrons. The number of nitrogens with one attached hydrogen (secondary N) is 1. The molecule has 0 saturated heterocycles. The van der Waals surface area contributed by atoms with E-state index in [4.69, 9.17) is 9.79 Å². The summed E-state index contributed by atoms with van der Waals surface area (Å²) < 4.78 is 11.1. The molecule has 9 heteroatoms. The Labute approximate surface area is 131 Å². The molecule has 6 N–H and O–H groups in total. The topological polar surface area (TPSA) is 147 Å². The molecule has 0 spiro atoms. The SMILES string of the molecule is O=C1C=CC=C(NP(=O)(O)O)C1C(O)(O)Cc1cccc(O)c1. The van der Waals surface area contributed by atoms with E-state index in [2.05, 4.69) is 0 Å². The highest BCUT2D eigenvalue weighted by molar-refractivity contribution is 7.49. The Morgan fingerprint density at radius 1 is 1.26 bits per heavy atom. The quantitative estimate of drug-likeness (QED) is 0.322. The smallest absolute Gasteiger partial charge is 0.427 e. The van der Waals surface area contributed by atoms with Crippen molar-refractivity contribution in [3.63, 3.8) is 0 Å². The summed E-state index contributed by atoms with van der Waals surface area (Å²) in [6.45, 7) is 0. The summed E-state index contributed by atoms with van der Waals surface area (Å²) in [5.74, 6) is -5.00. The molecule has 1 aliphatic carbocycles. The zero-order chi connectivity index (χ0) is 17.3. The van der Waals surface area contributed by atoms with Crippen LogP contribution in [0.25, 0.3) is 0 Å². The zero-order valence-corrected chi connectivity index (χ0v) is 12.7. The molecule has 1 aromatic carbocycles. The van der Waals surface area contributed by atoms with Crippen LogP contribution >= 0.6 is 7.75 Å². The monoisotopic (exact) mass is 341 g/mol. The lowest BCUT2D eigenvalue weighted by Crippen LogP contribution is -2.47. The Hall–Kier alpha value is -1.96. The minimum atomic E-state index is -4.72. The van der Waals surface area contributed by atoms with Crippen LogP contribution in [-0.4, -0.2) is 36.7 Å². The van der Waals surface area contributed by atoms with Crippen LogP contribution in [0.4, 0.5) is 0 Å². The molecule has 0 heterocycles. The van der Waals surface area contributed by atoms with Crippen molar-refractivity contribution in [2.45, 2.75) is 12.2 Å². The van der Waals surface area contributed by atoms with E-state index in [9.17, 15) is 24.7 Å². The highest BCUT2D eigenvalue weighted by atomic mass is 31.2. The van der Waals surface area contributed by atoms with E-state index >= 15 is 0 Å². The predicted octanol–water partition coefficient (Wildman–Crippen LogP) is -0.0631. The number of aliphatic hydroxyl groups is 2. The molecule has 0 bridgehead atoms. The molecule has 0 aliphatic heterocycles. The largest absolute Gasteiger partial charge is 0.508 e. The van der Waals surface area contributed by atoms with Gasteiger partial charge in [0.2, 0.25) is 0 Å². The Balaban J connectivity index is 2.31. The number of carbonyl (C=O) groups excluding carboxylic acids is 1. The molecule has 2 rings (SSSR count). The minimum absolute atomic E-state index is 0.0859. The van der Waals surface area contributed by atoms with E-state index in [0.29, 0.717) is 5.56 Å². The van der Waals surface area contributed by atoms with Crippen LogP contribution in [0.2, 0.25) is 0 Å². The van der Waals surface area contributed by atoms with Gasteiger partial charge in [-0.3, -0.25) is 9.88 Å². The third-order valence-electron chi connectivity index (χ3n) is 3.24. The van der Waals surface area contributed by atoms with Gasteiger partial charge in [0.1, 0.15) is 11.7 Å². The predicted molar refractivity (Wildman–Crippen MR) is 79.9 cm³/mol. The summed E-state index contributed by atoms with van der Waals surface area (Å²) >= 11 is 0. The summed E-state index contributed by atoms with van der Waals surface area (Å²) in [4.78, 5) is 30.0. The molecule has 0 fully saturated rings. The molecular weight excluding hydrogens is 325 g/mol. The lowest BCUT2D eigenvalue weighted by molar-refractivity contribution is -0.190. The van der Waals surface area contributed by atoms with Gasteiger partial charge in [-0.05, 0) is 29.8 Å². The fourth-order valence-corrected chi connectivity index (χ4v) is 2.95. The van der Waals surface area contributed by atoms with Crippen LogP contribution < -0.4 is 5.09 Å². The molecule has 1 unspecified atom stereocenters. The molecule has 0 aromatic heterocycles. The van der Waals surface area contributed by atoms with Crippen LogP contribution in [0.15, 0.2) is 48.2 Å². The van der Waals surface area contributed by atoms with Gasteiger partial charge in [0.25, 0.3) is 0 Å². The van der Waals surface area contributed by atoms with Crippen molar-refractivity contribution >= 4 is 13.5 Å². The summed E-state index contributed by atoms with van der Waals surface area (Å²) in [5.41, 5.74) is 0.0452. The minimum Gasteiger partial charge on any atom is -0.508 e. The maximum absolute atomic E-state index is 12.0. The van der Waals surface area contributed by atoms with Crippen molar-refractivity contribution in [2.24, 2.45) is 5.92 Å². The Bertz CT molecular complexity index is 720. The third-order valence-corrected chi connectivity index (χ3v) is 3.79. The van der Waals surface area contributed by atoms with Gasteiger partial charge < -0.3 is 25.1 Å². The van der Waals surface area contributed by atoms with Crippen molar-refractivity contribution in [3.8, 4) is 5.75 Å². The number of ketones is 1. The van der Waals surface area contributed by atoms with Gasteiger partial charge in [0.05, 0.1) is 0 Å². The van der Waals surface area contributed by atoms with E-state index in [1.165, 1.54) is 36.4 Å². The van der Waals surface area contributed by atoms with Gasteiger partial charge in [0, 0.05) is 12.1 Å². The van der Waals surface area contributed by atoms with E-state index in [-0.39, 0.29) is 11.4 Å². The molecule has 0 radical (unpaired) electrons. The normalized spacial score (nSPS) is 18.7. The van der Waals surface area contributed by atoms with Gasteiger partial charge >= 0.3 is 7.75 Å². The molecule has 1 aromatic rings. The van der Waals surface area contributed by atoms with Crippen LogP contribution in [0.3, 0.4) is 0 Å². The number of benzene rings is 1. The lowest BCUT2D eigenvalue weighted by Gasteiger charge is -2.33. The Morgan fingerprint density at radius 3 is 2.57 bits per heavy atom. The number of phenolic OH excluding ortho intramolecular Hbond substituents is 1. The number of hydrogen-bond donors (Lipinski definition) is 6. The zero-order valence-electron chi connectivity index (χ0n) is 11.8. The highest BCUT2D eigenvalue weighted by Crippen LogP contribution is 2.37. The van der Waals surface area contributed by atoms with E-state index < -0.39 is 31.7 Å². The second-order valence-electron chi connectivity index (χ2n) is 5.20. The summed E-state index contributed by atoms with van der Waals surface area (Å²) in [7, 11) is -4.72. The van der Waals surface area contributed by atoms with E-state index in [1.807, 2.05) is 5.09 Å². The molecule has 1 aliphatic rings. The number of rotatable bonds is 5. The number of aromatic hydroxyl groups is 1. The molecule has 1 atom stereocenters. The van der Waals surface area contributed by atoms with Crippen molar-refractivity contribution in [2.75, 3.05) is 0 Å². The van der Waals surface area contributed by atoms with E-state index in [1.54, 1.807) is 0 Å².